The third-order valence-electron chi connectivity index (χ3n) is 2.95. The van der Waals surface area contributed by atoms with Gasteiger partial charge in [0.05, 0.1) is 4.92 Å². The van der Waals surface area contributed by atoms with Gasteiger partial charge in [-0.2, -0.15) is 0 Å². The molecule has 7 heteroatoms. The first-order chi connectivity index (χ1) is 8.97. The minimum atomic E-state index is -0.515. The molecule has 0 radical (unpaired) electrons. The fourth-order valence-corrected chi connectivity index (χ4v) is 2.90. The Balaban J connectivity index is 2.03. The Bertz CT molecular complexity index is 518. The molecule has 1 aliphatic carbocycles. The first-order valence-corrected chi connectivity index (χ1v) is 7.55. The number of nitrogens with zero attached hydrogens (tertiary/aromatic N) is 1. The summed E-state index contributed by atoms with van der Waals surface area (Å²) < 4.78 is 0.518. The second-order valence-corrected chi connectivity index (χ2v) is 6.61. The number of nitro groups is 1. The van der Waals surface area contributed by atoms with Crippen LogP contribution < -0.4 is 5.32 Å². The van der Waals surface area contributed by atoms with Gasteiger partial charge < -0.3 is 5.32 Å². The third kappa shape index (κ3) is 4.01. The molecule has 0 spiro atoms. The van der Waals surface area contributed by atoms with Gasteiger partial charge in [-0.3, -0.25) is 14.9 Å². The second-order valence-electron chi connectivity index (χ2n) is 4.52. The Labute approximate surface area is 127 Å². The zero-order valence-electron chi connectivity index (χ0n) is 9.94. The van der Waals surface area contributed by atoms with Gasteiger partial charge in [0.2, 0.25) is 0 Å². The molecule has 19 heavy (non-hydrogen) atoms. The lowest BCUT2D eigenvalue weighted by Gasteiger charge is -2.10. The molecule has 1 saturated carbocycles. The minimum Gasteiger partial charge on any atom is -0.351 e. The lowest BCUT2D eigenvalue weighted by atomic mass is 10.2. The van der Waals surface area contributed by atoms with E-state index in [9.17, 15) is 14.9 Å². The molecule has 1 aliphatic rings. The van der Waals surface area contributed by atoms with Crippen LogP contribution in [0.2, 0.25) is 0 Å². The molecule has 0 heterocycles. The van der Waals surface area contributed by atoms with Crippen molar-refractivity contribution in [3.8, 4) is 0 Å². The molecule has 0 aromatic heterocycles. The van der Waals surface area contributed by atoms with Gasteiger partial charge >= 0.3 is 0 Å². The molecule has 1 aromatic carbocycles. The van der Waals surface area contributed by atoms with E-state index < -0.39 is 4.92 Å². The maximum Gasteiger partial charge on any atom is 0.271 e. The number of halogens is 2. The highest BCUT2D eigenvalue weighted by molar-refractivity contribution is 9.10. The number of rotatable bonds is 5. The highest BCUT2D eigenvalue weighted by atomic mass is 79.9. The molecule has 1 fully saturated rings. The molecule has 0 saturated heterocycles. The number of carbonyl (C=O) groups excluding carboxylic acids is 1. The Kier molecular flexibility index (Phi) is 4.57. The van der Waals surface area contributed by atoms with Crippen LogP contribution in [-0.4, -0.2) is 22.2 Å². The summed E-state index contributed by atoms with van der Waals surface area (Å²) in [5.41, 5.74) is 0.189. The Morgan fingerprint density at radius 1 is 1.47 bits per heavy atom. The van der Waals surface area contributed by atoms with Gasteiger partial charge in [0.25, 0.3) is 11.6 Å². The number of non-ortho nitro benzene ring substituents is 1. The fourth-order valence-electron chi connectivity index (χ4n) is 1.73. The molecule has 0 bridgehead atoms. The average Bonchev–Trinajstić information content (AvgIpc) is 3.18. The predicted molar refractivity (Wildman–Crippen MR) is 78.6 cm³/mol. The normalized spacial score (nSPS) is 15.9. The van der Waals surface area contributed by atoms with Gasteiger partial charge in [-0.1, -0.05) is 31.9 Å². The number of hydrogen-bond donors (Lipinski definition) is 1. The summed E-state index contributed by atoms with van der Waals surface area (Å²) in [5, 5.41) is 13.5. The van der Waals surface area contributed by atoms with Crippen LogP contribution in [0, 0.1) is 16.0 Å². The van der Waals surface area contributed by atoms with E-state index >= 15 is 0 Å². The molecular formula is C12H12Br2N2O3. The topological polar surface area (TPSA) is 72.2 Å². The van der Waals surface area contributed by atoms with Gasteiger partial charge in [-0.05, 0) is 24.8 Å². The van der Waals surface area contributed by atoms with Crippen molar-refractivity contribution in [1.29, 1.82) is 0 Å². The van der Waals surface area contributed by atoms with Crippen molar-refractivity contribution in [2.45, 2.75) is 17.7 Å². The van der Waals surface area contributed by atoms with Gasteiger partial charge in [0, 0.05) is 33.5 Å². The summed E-state index contributed by atoms with van der Waals surface area (Å²) >= 11 is 6.69. The van der Waals surface area contributed by atoms with Crippen LogP contribution >= 0.6 is 31.9 Å². The quantitative estimate of drug-likeness (QED) is 0.475. The highest BCUT2D eigenvalue weighted by Gasteiger charge is 2.29. The summed E-state index contributed by atoms with van der Waals surface area (Å²) in [6, 6.07) is 4.22. The standard InChI is InChI=1S/C12H12Br2N2O3/c13-9-3-8(4-10(5-9)16(18)19)12(17)15-6-11(14)7-1-2-7/h3-5,7,11H,1-2,6H2,(H,15,17). The number of benzene rings is 1. The lowest BCUT2D eigenvalue weighted by molar-refractivity contribution is -0.385. The van der Waals surface area contributed by atoms with E-state index in [1.54, 1.807) is 6.07 Å². The van der Waals surface area contributed by atoms with Crippen LogP contribution in [0.3, 0.4) is 0 Å². The molecule has 1 N–H and O–H groups in total. The number of amides is 1. The maximum atomic E-state index is 11.9. The van der Waals surface area contributed by atoms with Crippen molar-refractivity contribution in [1.82, 2.24) is 5.32 Å². The van der Waals surface area contributed by atoms with Crippen molar-refractivity contribution in [2.24, 2.45) is 5.92 Å². The SMILES string of the molecule is O=C(NCC(Br)C1CC1)c1cc(Br)cc([N+](=O)[O-])c1. The minimum absolute atomic E-state index is 0.0999. The molecule has 102 valence electrons. The van der Waals surface area contributed by atoms with Gasteiger partial charge in [0.15, 0.2) is 0 Å². The van der Waals surface area contributed by atoms with Crippen molar-refractivity contribution in [3.63, 3.8) is 0 Å². The molecular weight excluding hydrogens is 380 g/mol. The number of nitro benzene ring substituents is 1. The van der Waals surface area contributed by atoms with E-state index in [0.717, 1.165) is 0 Å². The molecule has 1 unspecified atom stereocenters. The van der Waals surface area contributed by atoms with Crippen LogP contribution in [-0.2, 0) is 0 Å². The van der Waals surface area contributed by atoms with Crippen molar-refractivity contribution >= 4 is 43.5 Å². The predicted octanol–water partition coefficient (Wildman–Crippen LogP) is 3.26. The monoisotopic (exact) mass is 390 g/mol. The van der Waals surface area contributed by atoms with E-state index in [1.165, 1.54) is 25.0 Å². The summed E-state index contributed by atoms with van der Waals surface area (Å²) in [5.74, 6) is 0.339. The van der Waals surface area contributed by atoms with E-state index in [-0.39, 0.29) is 22.0 Å². The third-order valence-corrected chi connectivity index (χ3v) is 4.48. The smallest absolute Gasteiger partial charge is 0.271 e. The number of nitrogens with one attached hydrogen (secondary N) is 1. The number of carbonyl (C=O) groups is 1. The Morgan fingerprint density at radius 2 is 2.16 bits per heavy atom. The van der Waals surface area contributed by atoms with Gasteiger partial charge in [-0.15, -0.1) is 0 Å². The van der Waals surface area contributed by atoms with Gasteiger partial charge in [-0.25, -0.2) is 0 Å². The number of alkyl halides is 1. The summed E-state index contributed by atoms with van der Waals surface area (Å²) in [6.45, 7) is 0.532. The van der Waals surface area contributed by atoms with Crippen molar-refractivity contribution in [3.05, 3.63) is 38.3 Å². The molecule has 5 nitrogen and oxygen atoms in total. The van der Waals surface area contributed by atoms with Crippen LogP contribution in [0.5, 0.6) is 0 Å². The number of hydrogen-bond acceptors (Lipinski definition) is 3. The van der Waals surface area contributed by atoms with E-state index in [4.69, 9.17) is 0 Å². The van der Waals surface area contributed by atoms with Crippen LogP contribution in [0.4, 0.5) is 5.69 Å². The lowest BCUT2D eigenvalue weighted by Crippen LogP contribution is -2.30. The maximum absolute atomic E-state index is 11.9. The van der Waals surface area contributed by atoms with Crippen molar-refractivity contribution < 1.29 is 9.72 Å². The Hall–Kier alpha value is -0.950. The van der Waals surface area contributed by atoms with Crippen molar-refractivity contribution in [2.75, 3.05) is 6.54 Å². The first kappa shape index (κ1) is 14.5. The van der Waals surface area contributed by atoms with E-state index in [1.807, 2.05) is 0 Å². The van der Waals surface area contributed by atoms with E-state index in [2.05, 4.69) is 37.2 Å². The molecule has 2 rings (SSSR count). The highest BCUT2D eigenvalue weighted by Crippen LogP contribution is 2.36. The summed E-state index contributed by atoms with van der Waals surface area (Å²) in [4.78, 5) is 22.4. The average molecular weight is 392 g/mol. The molecule has 0 aliphatic heterocycles. The fraction of sp³-hybridized carbons (Fsp3) is 0.417. The van der Waals surface area contributed by atoms with E-state index in [0.29, 0.717) is 16.9 Å². The van der Waals surface area contributed by atoms with Crippen LogP contribution in [0.1, 0.15) is 23.2 Å². The van der Waals surface area contributed by atoms with Gasteiger partial charge in [0.1, 0.15) is 0 Å². The Morgan fingerprint density at radius 3 is 2.74 bits per heavy atom. The summed E-state index contributed by atoms with van der Waals surface area (Å²) in [6.07, 6.45) is 2.38. The van der Waals surface area contributed by atoms with Crippen LogP contribution in [0.15, 0.2) is 22.7 Å². The molecule has 1 atom stereocenters. The zero-order valence-corrected chi connectivity index (χ0v) is 13.1. The first-order valence-electron chi connectivity index (χ1n) is 5.84. The summed E-state index contributed by atoms with van der Waals surface area (Å²) in [7, 11) is 0. The largest absolute Gasteiger partial charge is 0.351 e. The zero-order chi connectivity index (χ0) is 14.0. The molecule has 1 aromatic rings. The second kappa shape index (κ2) is 6.00. The molecule has 1 amide bonds. The van der Waals surface area contributed by atoms with Crippen LogP contribution in [0.25, 0.3) is 0 Å².